The van der Waals surface area contributed by atoms with Gasteiger partial charge in [0.1, 0.15) is 11.9 Å². The Bertz CT molecular complexity index is 507. The molecule has 0 aromatic heterocycles. The van der Waals surface area contributed by atoms with Crippen LogP contribution in [0, 0.1) is 17.1 Å². The second-order valence-corrected chi connectivity index (χ2v) is 6.11. The van der Waals surface area contributed by atoms with Gasteiger partial charge in [-0.15, -0.1) is 0 Å². The van der Waals surface area contributed by atoms with Crippen molar-refractivity contribution in [3.63, 3.8) is 0 Å². The van der Waals surface area contributed by atoms with Gasteiger partial charge in [-0.2, -0.15) is 5.26 Å². The van der Waals surface area contributed by atoms with E-state index in [1.165, 1.54) is 25.3 Å². The Labute approximate surface area is 126 Å². The van der Waals surface area contributed by atoms with Crippen LogP contribution in [0.4, 0.5) is 4.39 Å². The molecule has 1 aliphatic heterocycles. The minimum absolute atomic E-state index is 0.140. The van der Waals surface area contributed by atoms with Crippen LogP contribution in [0.15, 0.2) is 18.2 Å². The van der Waals surface area contributed by atoms with E-state index in [4.69, 9.17) is 5.26 Å². The SMILES string of the molecule is CC(C)NCC1CCCCN1Cc1ccc(F)c(C#N)c1. The molecule has 1 saturated heterocycles. The summed E-state index contributed by atoms with van der Waals surface area (Å²) in [5.74, 6) is -0.432. The van der Waals surface area contributed by atoms with Crippen LogP contribution in [0.2, 0.25) is 0 Å². The van der Waals surface area contributed by atoms with Gasteiger partial charge in [0.15, 0.2) is 0 Å². The summed E-state index contributed by atoms with van der Waals surface area (Å²) >= 11 is 0. The van der Waals surface area contributed by atoms with Crippen LogP contribution in [0.3, 0.4) is 0 Å². The summed E-state index contributed by atoms with van der Waals surface area (Å²) in [4.78, 5) is 2.45. The van der Waals surface area contributed by atoms with Gasteiger partial charge in [0, 0.05) is 25.2 Å². The van der Waals surface area contributed by atoms with Gasteiger partial charge < -0.3 is 5.32 Å². The fourth-order valence-electron chi connectivity index (χ4n) is 2.86. The monoisotopic (exact) mass is 289 g/mol. The molecule has 0 aliphatic carbocycles. The highest BCUT2D eigenvalue weighted by molar-refractivity contribution is 5.34. The topological polar surface area (TPSA) is 39.1 Å². The maximum Gasteiger partial charge on any atom is 0.140 e. The Morgan fingerprint density at radius 1 is 1.43 bits per heavy atom. The highest BCUT2D eigenvalue weighted by Gasteiger charge is 2.22. The lowest BCUT2D eigenvalue weighted by Gasteiger charge is -2.36. The van der Waals surface area contributed by atoms with Crippen molar-refractivity contribution in [2.45, 2.75) is 51.7 Å². The van der Waals surface area contributed by atoms with Gasteiger partial charge in [0.2, 0.25) is 0 Å². The Kier molecular flexibility index (Phi) is 5.72. The van der Waals surface area contributed by atoms with Gasteiger partial charge in [-0.3, -0.25) is 4.90 Å². The van der Waals surface area contributed by atoms with Gasteiger partial charge in [-0.1, -0.05) is 26.3 Å². The molecule has 4 heteroatoms. The first-order valence-electron chi connectivity index (χ1n) is 7.76. The van der Waals surface area contributed by atoms with E-state index in [-0.39, 0.29) is 5.56 Å². The number of nitrogens with one attached hydrogen (secondary N) is 1. The lowest BCUT2D eigenvalue weighted by Crippen LogP contribution is -2.46. The number of likely N-dealkylation sites (tertiary alicyclic amines) is 1. The van der Waals surface area contributed by atoms with Crippen molar-refractivity contribution < 1.29 is 4.39 Å². The fraction of sp³-hybridized carbons (Fsp3) is 0.588. The van der Waals surface area contributed by atoms with Gasteiger partial charge in [-0.25, -0.2) is 4.39 Å². The van der Waals surface area contributed by atoms with Gasteiger partial charge in [0.25, 0.3) is 0 Å². The molecule has 0 radical (unpaired) electrons. The Balaban J connectivity index is 2.03. The normalized spacial score (nSPS) is 19.7. The summed E-state index contributed by atoms with van der Waals surface area (Å²) < 4.78 is 13.4. The van der Waals surface area contributed by atoms with Crippen molar-refractivity contribution in [1.82, 2.24) is 10.2 Å². The molecule has 1 aromatic carbocycles. The largest absolute Gasteiger partial charge is 0.313 e. The summed E-state index contributed by atoms with van der Waals surface area (Å²) in [6.07, 6.45) is 3.68. The summed E-state index contributed by atoms with van der Waals surface area (Å²) in [6, 6.07) is 7.80. The summed E-state index contributed by atoms with van der Waals surface area (Å²) in [6.45, 7) is 7.17. The molecule has 1 aliphatic rings. The van der Waals surface area contributed by atoms with E-state index in [1.54, 1.807) is 12.1 Å². The van der Waals surface area contributed by atoms with Crippen molar-refractivity contribution in [2.75, 3.05) is 13.1 Å². The molecule has 1 atom stereocenters. The fourth-order valence-corrected chi connectivity index (χ4v) is 2.86. The summed E-state index contributed by atoms with van der Waals surface area (Å²) in [5.41, 5.74) is 1.16. The minimum atomic E-state index is -0.432. The maximum absolute atomic E-state index is 13.4. The van der Waals surface area contributed by atoms with Crippen LogP contribution >= 0.6 is 0 Å². The number of benzene rings is 1. The third-order valence-electron chi connectivity index (χ3n) is 4.05. The Hall–Kier alpha value is -1.44. The number of halogens is 1. The first-order valence-corrected chi connectivity index (χ1v) is 7.76. The molecule has 0 saturated carbocycles. The van der Waals surface area contributed by atoms with Crippen molar-refractivity contribution in [2.24, 2.45) is 0 Å². The second-order valence-electron chi connectivity index (χ2n) is 6.11. The summed E-state index contributed by atoms with van der Waals surface area (Å²) in [5, 5.41) is 12.4. The lowest BCUT2D eigenvalue weighted by molar-refractivity contribution is 0.135. The molecule has 1 fully saturated rings. The van der Waals surface area contributed by atoms with Crippen LogP contribution in [-0.4, -0.2) is 30.1 Å². The predicted molar refractivity (Wildman–Crippen MR) is 82.3 cm³/mol. The zero-order valence-electron chi connectivity index (χ0n) is 12.9. The standard InChI is InChI=1S/C17H24FN3/c1-13(2)20-11-16-5-3-4-8-21(16)12-14-6-7-17(18)15(9-14)10-19/h6-7,9,13,16,20H,3-5,8,11-12H2,1-2H3. The maximum atomic E-state index is 13.4. The quantitative estimate of drug-likeness (QED) is 0.905. The van der Waals surface area contributed by atoms with Gasteiger partial charge in [-0.05, 0) is 37.1 Å². The molecule has 0 amide bonds. The third-order valence-corrected chi connectivity index (χ3v) is 4.05. The van der Waals surface area contributed by atoms with E-state index in [0.29, 0.717) is 12.1 Å². The molecule has 1 aromatic rings. The average molecular weight is 289 g/mol. The lowest BCUT2D eigenvalue weighted by atomic mass is 10.0. The number of piperidine rings is 1. The molecule has 114 valence electrons. The van der Waals surface area contributed by atoms with E-state index >= 15 is 0 Å². The number of rotatable bonds is 5. The average Bonchev–Trinajstić information content (AvgIpc) is 2.48. The molecule has 1 N–H and O–H groups in total. The Morgan fingerprint density at radius 3 is 2.95 bits per heavy atom. The van der Waals surface area contributed by atoms with Crippen molar-refractivity contribution in [1.29, 1.82) is 5.26 Å². The first kappa shape index (κ1) is 15.9. The van der Waals surface area contributed by atoms with Gasteiger partial charge >= 0.3 is 0 Å². The van der Waals surface area contributed by atoms with Crippen LogP contribution in [0.1, 0.15) is 44.2 Å². The van der Waals surface area contributed by atoms with E-state index in [2.05, 4.69) is 24.1 Å². The summed E-state index contributed by atoms with van der Waals surface area (Å²) in [7, 11) is 0. The van der Waals surface area contributed by atoms with E-state index < -0.39 is 5.82 Å². The zero-order valence-corrected chi connectivity index (χ0v) is 12.9. The molecule has 2 rings (SSSR count). The zero-order chi connectivity index (χ0) is 15.2. The number of hydrogen-bond donors (Lipinski definition) is 1. The van der Waals surface area contributed by atoms with E-state index in [0.717, 1.165) is 25.2 Å². The van der Waals surface area contributed by atoms with E-state index in [1.807, 2.05) is 6.07 Å². The van der Waals surface area contributed by atoms with Crippen molar-refractivity contribution >= 4 is 0 Å². The molecule has 21 heavy (non-hydrogen) atoms. The minimum Gasteiger partial charge on any atom is -0.313 e. The molecule has 1 heterocycles. The highest BCUT2D eigenvalue weighted by atomic mass is 19.1. The number of nitriles is 1. The smallest absolute Gasteiger partial charge is 0.140 e. The highest BCUT2D eigenvalue weighted by Crippen LogP contribution is 2.20. The van der Waals surface area contributed by atoms with Crippen LogP contribution in [0.5, 0.6) is 0 Å². The predicted octanol–water partition coefficient (Wildman–Crippen LogP) is 3.05. The Morgan fingerprint density at radius 2 is 2.24 bits per heavy atom. The molecule has 0 spiro atoms. The molecule has 1 unspecified atom stereocenters. The molecular formula is C17H24FN3. The second kappa shape index (κ2) is 7.53. The van der Waals surface area contributed by atoms with Crippen molar-refractivity contribution in [3.8, 4) is 6.07 Å². The molecular weight excluding hydrogens is 265 g/mol. The third kappa shape index (κ3) is 4.52. The van der Waals surface area contributed by atoms with Gasteiger partial charge in [0.05, 0.1) is 5.56 Å². The molecule has 0 bridgehead atoms. The van der Waals surface area contributed by atoms with Crippen LogP contribution in [-0.2, 0) is 6.54 Å². The van der Waals surface area contributed by atoms with Crippen LogP contribution in [0.25, 0.3) is 0 Å². The molecule has 3 nitrogen and oxygen atoms in total. The number of nitrogens with zero attached hydrogens (tertiary/aromatic N) is 2. The van der Waals surface area contributed by atoms with Crippen LogP contribution < -0.4 is 5.32 Å². The van der Waals surface area contributed by atoms with Crippen molar-refractivity contribution in [3.05, 3.63) is 35.1 Å². The van der Waals surface area contributed by atoms with E-state index in [9.17, 15) is 4.39 Å². The first-order chi connectivity index (χ1) is 10.1. The number of hydrogen-bond acceptors (Lipinski definition) is 3.